The van der Waals surface area contributed by atoms with Gasteiger partial charge in [-0.1, -0.05) is 17.7 Å². The molecule has 3 heterocycles. The minimum atomic E-state index is -0.0128. The number of aromatic nitrogens is 2. The summed E-state index contributed by atoms with van der Waals surface area (Å²) in [6.45, 7) is 3.95. The number of likely N-dealkylation sites (tertiary alicyclic amines) is 1. The molecule has 5 rings (SSSR count). The summed E-state index contributed by atoms with van der Waals surface area (Å²) in [5, 5.41) is 7.86. The standard InChI is InChI=1S/C24H29ClN6OS/c1-30-10-8-16(14-30)31(2)11-9-26-24-27-13-19(25)22(29-24)21-12-18-17(4-3-5-20(18)33-21)23(32)28-15-6-7-15/h3-5,12-13,15-16H,6-11,14H2,1-2H3,(H,28,32)(H,26,27,29). The molecule has 174 valence electrons. The molecule has 1 atom stereocenters. The number of anilines is 1. The van der Waals surface area contributed by atoms with Gasteiger partial charge in [-0.15, -0.1) is 11.3 Å². The lowest BCUT2D eigenvalue weighted by molar-refractivity contribution is 0.0953. The molecule has 9 heteroatoms. The molecule has 2 fully saturated rings. The molecule has 2 aliphatic rings. The normalized spacial score (nSPS) is 18.8. The van der Waals surface area contributed by atoms with E-state index in [1.54, 1.807) is 17.5 Å². The number of nitrogens with one attached hydrogen (secondary N) is 2. The Bertz CT molecular complexity index is 1160. The summed E-state index contributed by atoms with van der Waals surface area (Å²) >= 11 is 8.07. The second-order valence-corrected chi connectivity index (χ2v) is 10.6. The first-order valence-corrected chi connectivity index (χ1v) is 12.7. The zero-order valence-corrected chi connectivity index (χ0v) is 20.5. The number of thiophene rings is 1. The number of nitrogens with zero attached hydrogens (tertiary/aromatic N) is 4. The monoisotopic (exact) mass is 484 g/mol. The molecule has 0 bridgehead atoms. The average molecular weight is 485 g/mol. The van der Waals surface area contributed by atoms with Gasteiger partial charge < -0.3 is 20.4 Å². The SMILES string of the molecule is CN1CCC(N(C)CCNc2ncc(Cl)c(-c3cc4c(C(=O)NC5CC5)cccc4s3)n2)C1. The molecule has 0 spiro atoms. The van der Waals surface area contributed by atoms with Crippen LogP contribution in [0.15, 0.2) is 30.5 Å². The van der Waals surface area contributed by atoms with E-state index in [2.05, 4.69) is 39.5 Å². The minimum Gasteiger partial charge on any atom is -0.353 e. The van der Waals surface area contributed by atoms with Gasteiger partial charge in [-0.25, -0.2) is 9.97 Å². The number of likely N-dealkylation sites (N-methyl/N-ethyl adjacent to an activating group) is 2. The Kier molecular flexibility index (Phi) is 6.51. The zero-order valence-electron chi connectivity index (χ0n) is 19.0. The average Bonchev–Trinajstić information content (AvgIpc) is 3.33. The van der Waals surface area contributed by atoms with Gasteiger partial charge in [-0.05, 0) is 58.1 Å². The van der Waals surface area contributed by atoms with Crippen LogP contribution in [0.3, 0.4) is 0 Å². The summed E-state index contributed by atoms with van der Waals surface area (Å²) < 4.78 is 1.04. The van der Waals surface area contributed by atoms with Crippen molar-refractivity contribution in [1.29, 1.82) is 0 Å². The van der Waals surface area contributed by atoms with Gasteiger partial charge in [-0.3, -0.25) is 4.79 Å². The van der Waals surface area contributed by atoms with Crippen molar-refractivity contribution in [2.45, 2.75) is 31.3 Å². The Balaban J connectivity index is 1.31. The van der Waals surface area contributed by atoms with E-state index in [0.717, 1.165) is 54.0 Å². The number of carbonyl (C=O) groups is 1. The Hall–Kier alpha value is -2.26. The quantitative estimate of drug-likeness (QED) is 0.504. The molecule has 3 aromatic rings. The first kappa shape index (κ1) is 22.5. The Labute approximate surface area is 203 Å². The molecule has 33 heavy (non-hydrogen) atoms. The Morgan fingerprint density at radius 2 is 2.18 bits per heavy atom. The third-order valence-electron chi connectivity index (χ3n) is 6.43. The highest BCUT2D eigenvalue weighted by Gasteiger charge is 2.25. The molecule has 1 amide bonds. The van der Waals surface area contributed by atoms with Gasteiger partial charge in [0.15, 0.2) is 0 Å². The summed E-state index contributed by atoms with van der Waals surface area (Å²) in [5.41, 5.74) is 1.39. The molecule has 1 saturated carbocycles. The number of halogens is 1. The highest BCUT2D eigenvalue weighted by Crippen LogP contribution is 2.37. The van der Waals surface area contributed by atoms with E-state index in [-0.39, 0.29) is 5.91 Å². The van der Waals surface area contributed by atoms with Gasteiger partial charge in [0.2, 0.25) is 5.95 Å². The van der Waals surface area contributed by atoms with Crippen LogP contribution in [0.2, 0.25) is 5.02 Å². The van der Waals surface area contributed by atoms with E-state index in [1.807, 2.05) is 24.3 Å². The van der Waals surface area contributed by atoms with Crippen LogP contribution in [-0.2, 0) is 0 Å². The minimum absolute atomic E-state index is 0.0128. The van der Waals surface area contributed by atoms with Gasteiger partial charge >= 0.3 is 0 Å². The lowest BCUT2D eigenvalue weighted by Crippen LogP contribution is -2.37. The fourth-order valence-corrected chi connectivity index (χ4v) is 5.63. The molecule has 2 N–H and O–H groups in total. The van der Waals surface area contributed by atoms with Crippen molar-refractivity contribution >= 4 is 44.9 Å². The number of fused-ring (bicyclic) bond motifs is 1. The van der Waals surface area contributed by atoms with Gasteiger partial charge in [0, 0.05) is 47.4 Å². The number of hydrogen-bond acceptors (Lipinski definition) is 7. The van der Waals surface area contributed by atoms with Crippen LogP contribution in [0.25, 0.3) is 20.7 Å². The molecule has 1 aliphatic carbocycles. The third kappa shape index (κ3) is 5.14. The van der Waals surface area contributed by atoms with Crippen LogP contribution in [0.5, 0.6) is 0 Å². The van der Waals surface area contributed by atoms with Crippen LogP contribution >= 0.6 is 22.9 Å². The van der Waals surface area contributed by atoms with Crippen LogP contribution < -0.4 is 10.6 Å². The maximum atomic E-state index is 12.7. The van der Waals surface area contributed by atoms with Crippen molar-refractivity contribution < 1.29 is 4.79 Å². The maximum absolute atomic E-state index is 12.7. The van der Waals surface area contributed by atoms with Gasteiger partial charge in [-0.2, -0.15) is 0 Å². The van der Waals surface area contributed by atoms with E-state index in [9.17, 15) is 4.79 Å². The van der Waals surface area contributed by atoms with Crippen LogP contribution in [0.1, 0.15) is 29.6 Å². The molecule has 1 saturated heterocycles. The highest BCUT2D eigenvalue weighted by atomic mass is 35.5. The molecule has 2 aromatic heterocycles. The number of hydrogen-bond donors (Lipinski definition) is 2. The van der Waals surface area contributed by atoms with Gasteiger partial charge in [0.05, 0.1) is 16.1 Å². The summed E-state index contributed by atoms with van der Waals surface area (Å²) in [7, 11) is 4.35. The molecule has 7 nitrogen and oxygen atoms in total. The number of carbonyl (C=O) groups excluding carboxylic acids is 1. The largest absolute Gasteiger partial charge is 0.353 e. The van der Waals surface area contributed by atoms with Crippen LogP contribution in [-0.4, -0.2) is 78.0 Å². The van der Waals surface area contributed by atoms with Gasteiger partial charge in [0.25, 0.3) is 5.91 Å². The number of rotatable bonds is 8. The van der Waals surface area contributed by atoms with Crippen molar-refractivity contribution in [3.05, 3.63) is 41.0 Å². The second-order valence-electron chi connectivity index (χ2n) is 9.08. The van der Waals surface area contributed by atoms with E-state index >= 15 is 0 Å². The smallest absolute Gasteiger partial charge is 0.252 e. The van der Waals surface area contributed by atoms with Gasteiger partial charge in [0.1, 0.15) is 5.69 Å². The fraction of sp³-hybridized carbons (Fsp3) is 0.458. The highest BCUT2D eigenvalue weighted by molar-refractivity contribution is 7.22. The molecule has 0 radical (unpaired) electrons. The predicted molar refractivity (Wildman–Crippen MR) is 135 cm³/mol. The molecule has 1 aliphatic heterocycles. The van der Waals surface area contributed by atoms with E-state index in [4.69, 9.17) is 16.6 Å². The molecular formula is C24H29ClN6OS. The summed E-state index contributed by atoms with van der Waals surface area (Å²) in [4.78, 5) is 27.5. The first-order valence-electron chi connectivity index (χ1n) is 11.5. The van der Waals surface area contributed by atoms with Crippen molar-refractivity contribution in [2.24, 2.45) is 0 Å². The third-order valence-corrected chi connectivity index (χ3v) is 7.82. The predicted octanol–water partition coefficient (Wildman–Crippen LogP) is 3.95. The van der Waals surface area contributed by atoms with Crippen molar-refractivity contribution in [3.8, 4) is 10.6 Å². The Morgan fingerprint density at radius 1 is 1.33 bits per heavy atom. The summed E-state index contributed by atoms with van der Waals surface area (Å²) in [5.74, 6) is 0.552. The van der Waals surface area contributed by atoms with Crippen molar-refractivity contribution in [2.75, 3.05) is 45.6 Å². The second kappa shape index (κ2) is 9.54. The fourth-order valence-electron chi connectivity index (χ4n) is 4.29. The summed E-state index contributed by atoms with van der Waals surface area (Å²) in [6, 6.07) is 8.78. The number of amides is 1. The topological polar surface area (TPSA) is 73.4 Å². The van der Waals surface area contributed by atoms with Crippen molar-refractivity contribution in [1.82, 2.24) is 25.1 Å². The van der Waals surface area contributed by atoms with Crippen LogP contribution in [0, 0.1) is 0 Å². The Morgan fingerprint density at radius 3 is 2.94 bits per heavy atom. The maximum Gasteiger partial charge on any atom is 0.252 e. The first-order chi connectivity index (χ1) is 16.0. The number of benzene rings is 1. The molecule has 1 unspecified atom stereocenters. The van der Waals surface area contributed by atoms with Crippen LogP contribution in [0.4, 0.5) is 5.95 Å². The lowest BCUT2D eigenvalue weighted by Gasteiger charge is -2.24. The lowest BCUT2D eigenvalue weighted by atomic mass is 10.1. The molecule has 1 aromatic carbocycles. The van der Waals surface area contributed by atoms with E-state index in [1.165, 1.54) is 6.42 Å². The van der Waals surface area contributed by atoms with E-state index in [0.29, 0.717) is 34.3 Å². The zero-order chi connectivity index (χ0) is 22.9. The van der Waals surface area contributed by atoms with Crippen molar-refractivity contribution in [3.63, 3.8) is 0 Å². The van der Waals surface area contributed by atoms with E-state index < -0.39 is 0 Å². The summed E-state index contributed by atoms with van der Waals surface area (Å²) in [6.07, 6.45) is 4.99. The molecular weight excluding hydrogens is 456 g/mol.